The van der Waals surface area contributed by atoms with Crippen molar-refractivity contribution in [2.75, 3.05) is 0 Å². The van der Waals surface area contributed by atoms with E-state index in [4.69, 9.17) is 5.73 Å². The molecule has 0 heterocycles. The molecular formula is C14H12F3N. The summed E-state index contributed by atoms with van der Waals surface area (Å²) in [7, 11) is 0. The highest BCUT2D eigenvalue weighted by atomic mass is 19.1. The fourth-order valence-electron chi connectivity index (χ4n) is 1.87. The van der Waals surface area contributed by atoms with Crippen LogP contribution in [-0.2, 0) is 0 Å². The third-order valence-electron chi connectivity index (χ3n) is 2.73. The molecule has 94 valence electrons. The van der Waals surface area contributed by atoms with Crippen LogP contribution in [0.3, 0.4) is 0 Å². The van der Waals surface area contributed by atoms with Gasteiger partial charge in [0.15, 0.2) is 0 Å². The van der Waals surface area contributed by atoms with Crippen molar-refractivity contribution in [3.63, 3.8) is 0 Å². The van der Waals surface area contributed by atoms with Crippen molar-refractivity contribution in [1.82, 2.24) is 0 Å². The van der Waals surface area contributed by atoms with E-state index >= 15 is 0 Å². The van der Waals surface area contributed by atoms with Crippen molar-refractivity contribution >= 4 is 0 Å². The summed E-state index contributed by atoms with van der Waals surface area (Å²) in [5, 5.41) is 0. The summed E-state index contributed by atoms with van der Waals surface area (Å²) in [4.78, 5) is 0. The molecule has 18 heavy (non-hydrogen) atoms. The molecule has 1 nitrogen and oxygen atoms in total. The lowest BCUT2D eigenvalue weighted by Gasteiger charge is -2.13. The smallest absolute Gasteiger partial charge is 0.133 e. The zero-order chi connectivity index (χ0) is 13.3. The van der Waals surface area contributed by atoms with Crippen molar-refractivity contribution in [1.29, 1.82) is 0 Å². The SMILES string of the molecule is CC(N)c1ccc(F)cc1-c1ccc(F)cc1F. The first-order valence-electron chi connectivity index (χ1n) is 5.49. The van der Waals surface area contributed by atoms with Crippen LogP contribution in [-0.4, -0.2) is 0 Å². The molecule has 0 aliphatic heterocycles. The van der Waals surface area contributed by atoms with Gasteiger partial charge in [-0.2, -0.15) is 0 Å². The molecule has 0 aromatic heterocycles. The van der Waals surface area contributed by atoms with E-state index in [0.29, 0.717) is 11.1 Å². The number of halogens is 3. The molecule has 2 N–H and O–H groups in total. The topological polar surface area (TPSA) is 26.0 Å². The Morgan fingerprint density at radius 3 is 2.11 bits per heavy atom. The van der Waals surface area contributed by atoms with Gasteiger partial charge in [0.05, 0.1) is 0 Å². The Labute approximate surface area is 103 Å². The molecule has 0 fully saturated rings. The lowest BCUT2D eigenvalue weighted by atomic mass is 9.95. The average molecular weight is 251 g/mol. The quantitative estimate of drug-likeness (QED) is 0.863. The van der Waals surface area contributed by atoms with Gasteiger partial charge in [0.1, 0.15) is 17.5 Å². The summed E-state index contributed by atoms with van der Waals surface area (Å²) in [5.74, 6) is -1.89. The van der Waals surface area contributed by atoms with E-state index in [9.17, 15) is 13.2 Å². The molecule has 0 amide bonds. The van der Waals surface area contributed by atoms with Crippen LogP contribution in [0, 0.1) is 17.5 Å². The molecule has 0 saturated heterocycles. The van der Waals surface area contributed by atoms with Crippen molar-refractivity contribution in [2.24, 2.45) is 5.73 Å². The summed E-state index contributed by atoms with van der Waals surface area (Å²) < 4.78 is 39.8. The van der Waals surface area contributed by atoms with Crippen LogP contribution in [0.5, 0.6) is 0 Å². The molecule has 0 spiro atoms. The molecule has 1 atom stereocenters. The van der Waals surface area contributed by atoms with Crippen LogP contribution in [0.4, 0.5) is 13.2 Å². The third-order valence-corrected chi connectivity index (χ3v) is 2.73. The van der Waals surface area contributed by atoms with Crippen LogP contribution >= 0.6 is 0 Å². The minimum absolute atomic E-state index is 0.142. The van der Waals surface area contributed by atoms with Crippen LogP contribution < -0.4 is 5.73 Å². The first-order valence-corrected chi connectivity index (χ1v) is 5.49. The highest BCUT2D eigenvalue weighted by molar-refractivity contribution is 5.68. The highest BCUT2D eigenvalue weighted by Gasteiger charge is 2.14. The van der Waals surface area contributed by atoms with Gasteiger partial charge in [0, 0.05) is 17.7 Å². The van der Waals surface area contributed by atoms with Crippen molar-refractivity contribution in [3.05, 3.63) is 59.4 Å². The normalized spacial score (nSPS) is 12.5. The van der Waals surface area contributed by atoms with Crippen LogP contribution in [0.25, 0.3) is 11.1 Å². The molecule has 2 aromatic rings. The van der Waals surface area contributed by atoms with Gasteiger partial charge in [-0.3, -0.25) is 0 Å². The predicted octanol–water partition coefficient (Wildman–Crippen LogP) is 3.79. The van der Waals surface area contributed by atoms with E-state index in [1.165, 1.54) is 24.3 Å². The van der Waals surface area contributed by atoms with E-state index in [-0.39, 0.29) is 11.6 Å². The molecule has 2 aromatic carbocycles. The number of benzene rings is 2. The fraction of sp³-hybridized carbons (Fsp3) is 0.143. The molecular weight excluding hydrogens is 239 g/mol. The maximum Gasteiger partial charge on any atom is 0.133 e. The summed E-state index contributed by atoms with van der Waals surface area (Å²) in [6.07, 6.45) is 0. The van der Waals surface area contributed by atoms with Gasteiger partial charge >= 0.3 is 0 Å². The van der Waals surface area contributed by atoms with Gasteiger partial charge in [-0.05, 0) is 42.3 Å². The standard InChI is InChI=1S/C14H12F3N/c1-8(18)11-4-2-9(15)6-13(11)12-5-3-10(16)7-14(12)17/h2-8H,18H2,1H3. The summed E-state index contributed by atoms with van der Waals surface area (Å²) in [6, 6.07) is 6.80. The van der Waals surface area contributed by atoms with Crippen LogP contribution in [0.2, 0.25) is 0 Å². The zero-order valence-corrected chi connectivity index (χ0v) is 9.75. The van der Waals surface area contributed by atoms with Gasteiger partial charge in [0.2, 0.25) is 0 Å². The molecule has 1 unspecified atom stereocenters. The van der Waals surface area contributed by atoms with Gasteiger partial charge in [-0.25, -0.2) is 13.2 Å². The molecule has 4 heteroatoms. The zero-order valence-electron chi connectivity index (χ0n) is 9.75. The van der Waals surface area contributed by atoms with E-state index in [1.807, 2.05) is 0 Å². The Kier molecular flexibility index (Phi) is 3.39. The molecule has 0 aliphatic rings. The lowest BCUT2D eigenvalue weighted by Crippen LogP contribution is -2.07. The lowest BCUT2D eigenvalue weighted by molar-refractivity contribution is 0.585. The number of hydrogen-bond donors (Lipinski definition) is 1. The predicted molar refractivity (Wildman–Crippen MR) is 64.4 cm³/mol. The third kappa shape index (κ3) is 2.38. The van der Waals surface area contributed by atoms with Crippen molar-refractivity contribution in [2.45, 2.75) is 13.0 Å². The Morgan fingerprint density at radius 2 is 1.50 bits per heavy atom. The Balaban J connectivity index is 2.65. The maximum absolute atomic E-state index is 13.7. The van der Waals surface area contributed by atoms with Gasteiger partial charge < -0.3 is 5.73 Å². The molecule has 0 saturated carbocycles. The van der Waals surface area contributed by atoms with Gasteiger partial charge in [-0.15, -0.1) is 0 Å². The molecule has 0 aliphatic carbocycles. The average Bonchev–Trinajstić information content (AvgIpc) is 2.28. The first kappa shape index (κ1) is 12.6. The highest BCUT2D eigenvalue weighted by Crippen LogP contribution is 2.30. The van der Waals surface area contributed by atoms with Gasteiger partial charge in [-0.1, -0.05) is 6.07 Å². The number of rotatable bonds is 2. The number of hydrogen-bond acceptors (Lipinski definition) is 1. The van der Waals surface area contributed by atoms with Crippen LogP contribution in [0.15, 0.2) is 36.4 Å². The monoisotopic (exact) mass is 251 g/mol. The Morgan fingerprint density at radius 1 is 0.889 bits per heavy atom. The summed E-state index contributed by atoms with van der Waals surface area (Å²) in [5.41, 5.74) is 6.87. The minimum atomic E-state index is -0.734. The van der Waals surface area contributed by atoms with E-state index in [1.54, 1.807) is 6.92 Å². The summed E-state index contributed by atoms with van der Waals surface area (Å²) >= 11 is 0. The fourth-order valence-corrected chi connectivity index (χ4v) is 1.87. The number of nitrogens with two attached hydrogens (primary N) is 1. The molecule has 0 radical (unpaired) electrons. The van der Waals surface area contributed by atoms with E-state index in [2.05, 4.69) is 0 Å². The molecule has 0 bridgehead atoms. The summed E-state index contributed by atoms with van der Waals surface area (Å²) in [6.45, 7) is 1.72. The minimum Gasteiger partial charge on any atom is -0.324 e. The van der Waals surface area contributed by atoms with Gasteiger partial charge in [0.25, 0.3) is 0 Å². The first-order chi connectivity index (χ1) is 8.49. The van der Waals surface area contributed by atoms with E-state index in [0.717, 1.165) is 12.1 Å². The second-order valence-electron chi connectivity index (χ2n) is 4.14. The van der Waals surface area contributed by atoms with Crippen molar-refractivity contribution < 1.29 is 13.2 Å². The Bertz CT molecular complexity index is 579. The molecule has 2 rings (SSSR count). The van der Waals surface area contributed by atoms with Crippen molar-refractivity contribution in [3.8, 4) is 11.1 Å². The maximum atomic E-state index is 13.7. The van der Waals surface area contributed by atoms with E-state index < -0.39 is 17.5 Å². The van der Waals surface area contributed by atoms with Crippen LogP contribution in [0.1, 0.15) is 18.5 Å². The second kappa shape index (κ2) is 4.82. The largest absolute Gasteiger partial charge is 0.324 e. The second-order valence-corrected chi connectivity index (χ2v) is 4.14. The Hall–Kier alpha value is -1.81.